The van der Waals surface area contributed by atoms with Crippen molar-refractivity contribution in [2.45, 2.75) is 6.54 Å². The monoisotopic (exact) mass is 339 g/mol. The lowest BCUT2D eigenvalue weighted by Gasteiger charge is -2.01. The fraction of sp³-hybridized carbons (Fsp3) is 0.0714. The van der Waals surface area contributed by atoms with Gasteiger partial charge in [-0.25, -0.2) is 18.6 Å². The van der Waals surface area contributed by atoms with E-state index in [2.05, 4.69) is 4.98 Å². The van der Waals surface area contributed by atoms with Gasteiger partial charge in [0.05, 0.1) is 12.2 Å². The molecule has 2 aromatic heterocycles. The number of nitrogens with one attached hydrogen (secondary N) is 1. The molecule has 3 aromatic rings. The molecule has 0 spiro atoms. The van der Waals surface area contributed by atoms with Crippen LogP contribution in [0.15, 0.2) is 44.7 Å². The van der Waals surface area contributed by atoms with Crippen LogP contribution in [0, 0.1) is 11.6 Å². The summed E-state index contributed by atoms with van der Waals surface area (Å²) in [5.41, 5.74) is -0.746. The zero-order valence-electron chi connectivity index (χ0n) is 11.3. The summed E-state index contributed by atoms with van der Waals surface area (Å²) in [6, 6.07) is 3.23. The van der Waals surface area contributed by atoms with E-state index in [0.29, 0.717) is 5.69 Å². The van der Waals surface area contributed by atoms with E-state index in [9.17, 15) is 18.4 Å². The number of rotatable bonds is 3. The molecule has 9 heteroatoms. The highest BCUT2D eigenvalue weighted by Crippen LogP contribution is 2.21. The molecule has 0 unspecified atom stereocenters. The van der Waals surface area contributed by atoms with E-state index in [-0.39, 0.29) is 23.0 Å². The van der Waals surface area contributed by atoms with Gasteiger partial charge in [0.15, 0.2) is 11.6 Å². The van der Waals surface area contributed by atoms with Crippen LogP contribution in [0.25, 0.3) is 11.5 Å². The molecule has 1 N–H and O–H groups in total. The van der Waals surface area contributed by atoms with Crippen LogP contribution in [0.3, 0.4) is 0 Å². The minimum absolute atomic E-state index is 0.0114. The minimum Gasteiger partial charge on any atom is -0.444 e. The Hall–Kier alpha value is -2.74. The van der Waals surface area contributed by atoms with E-state index in [0.717, 1.165) is 16.7 Å². The number of oxazole rings is 1. The summed E-state index contributed by atoms with van der Waals surface area (Å²) in [7, 11) is 0. The average molecular weight is 340 g/mol. The second-order valence-corrected chi connectivity index (χ2v) is 5.04. The second kappa shape index (κ2) is 5.81. The van der Waals surface area contributed by atoms with Gasteiger partial charge in [0.1, 0.15) is 11.3 Å². The highest BCUT2D eigenvalue weighted by molar-refractivity contribution is 6.30. The maximum absolute atomic E-state index is 13.2. The number of aromatic nitrogens is 3. The molecule has 0 aliphatic rings. The van der Waals surface area contributed by atoms with Gasteiger partial charge >= 0.3 is 5.69 Å². The van der Waals surface area contributed by atoms with Crippen molar-refractivity contribution in [1.29, 1.82) is 0 Å². The lowest BCUT2D eigenvalue weighted by atomic mass is 10.2. The van der Waals surface area contributed by atoms with Gasteiger partial charge in [0, 0.05) is 11.8 Å². The van der Waals surface area contributed by atoms with E-state index < -0.39 is 22.9 Å². The van der Waals surface area contributed by atoms with E-state index >= 15 is 0 Å². The smallest absolute Gasteiger partial charge is 0.328 e. The van der Waals surface area contributed by atoms with Crippen LogP contribution in [0.1, 0.15) is 5.69 Å². The van der Waals surface area contributed by atoms with Gasteiger partial charge in [-0.1, -0.05) is 11.6 Å². The Kier molecular flexibility index (Phi) is 3.83. The summed E-state index contributed by atoms with van der Waals surface area (Å²) >= 11 is 5.66. The zero-order valence-corrected chi connectivity index (χ0v) is 12.1. The third-order valence-corrected chi connectivity index (χ3v) is 3.29. The summed E-state index contributed by atoms with van der Waals surface area (Å²) in [5, 5.41) is -0.145. The lowest BCUT2D eigenvalue weighted by molar-refractivity contribution is 0.507. The molecule has 0 atom stereocenters. The van der Waals surface area contributed by atoms with Crippen molar-refractivity contribution in [3.63, 3.8) is 0 Å². The average Bonchev–Trinajstić information content (AvgIpc) is 2.96. The van der Waals surface area contributed by atoms with E-state index in [4.69, 9.17) is 16.0 Å². The fourth-order valence-electron chi connectivity index (χ4n) is 1.92. The molecule has 3 rings (SSSR count). The van der Waals surface area contributed by atoms with Gasteiger partial charge in [0.25, 0.3) is 5.56 Å². The predicted octanol–water partition coefficient (Wildman–Crippen LogP) is 2.17. The molecule has 118 valence electrons. The van der Waals surface area contributed by atoms with Crippen molar-refractivity contribution in [2.75, 3.05) is 0 Å². The van der Waals surface area contributed by atoms with Gasteiger partial charge in [-0.2, -0.15) is 0 Å². The quantitative estimate of drug-likeness (QED) is 0.793. The van der Waals surface area contributed by atoms with E-state index in [1.54, 1.807) is 0 Å². The first-order valence-electron chi connectivity index (χ1n) is 6.33. The normalized spacial score (nSPS) is 10.9. The van der Waals surface area contributed by atoms with Crippen molar-refractivity contribution in [2.24, 2.45) is 0 Å². The largest absolute Gasteiger partial charge is 0.444 e. The molecule has 23 heavy (non-hydrogen) atoms. The van der Waals surface area contributed by atoms with Crippen LogP contribution in [0.4, 0.5) is 8.78 Å². The predicted molar refractivity (Wildman–Crippen MR) is 77.3 cm³/mol. The zero-order chi connectivity index (χ0) is 16.6. The number of benzene rings is 1. The van der Waals surface area contributed by atoms with Gasteiger partial charge < -0.3 is 4.42 Å². The highest BCUT2D eigenvalue weighted by Gasteiger charge is 2.11. The Balaban J connectivity index is 1.91. The molecule has 0 radical (unpaired) electrons. The lowest BCUT2D eigenvalue weighted by Crippen LogP contribution is -2.30. The van der Waals surface area contributed by atoms with E-state index in [1.807, 2.05) is 4.98 Å². The first-order chi connectivity index (χ1) is 10.9. The Bertz CT molecular complexity index is 993. The number of aromatic amines is 1. The maximum Gasteiger partial charge on any atom is 0.328 e. The summed E-state index contributed by atoms with van der Waals surface area (Å²) < 4.78 is 32.5. The number of nitrogens with zero attached hydrogens (tertiary/aromatic N) is 2. The molecule has 0 saturated heterocycles. The van der Waals surface area contributed by atoms with Crippen LogP contribution in [-0.2, 0) is 6.54 Å². The van der Waals surface area contributed by atoms with Crippen LogP contribution in [0.2, 0.25) is 5.02 Å². The van der Waals surface area contributed by atoms with Crippen LogP contribution in [0.5, 0.6) is 0 Å². The number of halogens is 3. The Morgan fingerprint density at radius 2 is 2.04 bits per heavy atom. The topological polar surface area (TPSA) is 80.9 Å². The van der Waals surface area contributed by atoms with Crippen LogP contribution >= 0.6 is 11.6 Å². The first-order valence-corrected chi connectivity index (χ1v) is 6.71. The molecule has 0 aliphatic carbocycles. The molecule has 0 aliphatic heterocycles. The number of hydrogen-bond acceptors (Lipinski definition) is 4. The Morgan fingerprint density at radius 3 is 2.78 bits per heavy atom. The molecule has 0 bridgehead atoms. The molecular weight excluding hydrogens is 332 g/mol. The molecule has 6 nitrogen and oxygen atoms in total. The molecule has 2 heterocycles. The number of hydrogen-bond donors (Lipinski definition) is 1. The summed E-state index contributed by atoms with van der Waals surface area (Å²) in [5.74, 6) is -1.93. The summed E-state index contributed by atoms with van der Waals surface area (Å²) in [6.45, 7) is -0.0114. The Morgan fingerprint density at radius 1 is 1.26 bits per heavy atom. The molecule has 0 amide bonds. The summed E-state index contributed by atoms with van der Waals surface area (Å²) in [4.78, 5) is 29.0. The molecule has 1 aromatic carbocycles. The van der Waals surface area contributed by atoms with Crippen molar-refractivity contribution < 1.29 is 13.2 Å². The third-order valence-electron chi connectivity index (χ3n) is 3.02. The Labute approximate surface area is 132 Å². The van der Waals surface area contributed by atoms with Gasteiger partial charge in [0.2, 0.25) is 5.89 Å². The second-order valence-electron chi connectivity index (χ2n) is 4.64. The molecule has 0 fully saturated rings. The minimum atomic E-state index is -1.02. The molecular formula is C14H8ClF2N3O3. The standard InChI is InChI=1S/C14H8ClF2N3O3/c15-9-5-20(14(22)19-12(9)21)4-8-6-23-13(18-8)7-1-2-10(16)11(17)3-7/h1-3,5-6H,4H2,(H,19,21,22). The van der Waals surface area contributed by atoms with Gasteiger partial charge in [-0.15, -0.1) is 0 Å². The van der Waals surface area contributed by atoms with E-state index in [1.165, 1.54) is 18.5 Å². The van der Waals surface area contributed by atoms with Crippen molar-refractivity contribution in [3.8, 4) is 11.5 Å². The molecule has 0 saturated carbocycles. The summed E-state index contributed by atoms with van der Waals surface area (Å²) in [6.07, 6.45) is 2.44. The van der Waals surface area contributed by atoms with Crippen LogP contribution < -0.4 is 11.2 Å². The van der Waals surface area contributed by atoms with Crippen molar-refractivity contribution in [3.05, 3.63) is 73.8 Å². The van der Waals surface area contributed by atoms with Crippen molar-refractivity contribution in [1.82, 2.24) is 14.5 Å². The van der Waals surface area contributed by atoms with Gasteiger partial charge in [-0.05, 0) is 18.2 Å². The number of H-pyrrole nitrogens is 1. The third kappa shape index (κ3) is 3.07. The SMILES string of the molecule is O=c1[nH]c(=O)n(Cc2coc(-c3ccc(F)c(F)c3)n2)cc1Cl. The highest BCUT2D eigenvalue weighted by atomic mass is 35.5. The fourth-order valence-corrected chi connectivity index (χ4v) is 2.08. The van der Waals surface area contributed by atoms with Gasteiger partial charge in [-0.3, -0.25) is 14.3 Å². The first kappa shape index (κ1) is 15.2. The van der Waals surface area contributed by atoms with Crippen molar-refractivity contribution >= 4 is 11.6 Å². The maximum atomic E-state index is 13.2. The van der Waals surface area contributed by atoms with Crippen LogP contribution in [-0.4, -0.2) is 14.5 Å².